The number of carbonyl (C=O) groups is 2. The second-order valence-corrected chi connectivity index (χ2v) is 4.86. The molecule has 94 valence electrons. The number of hydrogen-bond donors (Lipinski definition) is 3. The second-order valence-electron chi connectivity index (χ2n) is 4.86. The number of alkyl carbamates (subject to hydrolysis) is 1. The average molecular weight is 240 g/mol. The Morgan fingerprint density at radius 1 is 1.47 bits per heavy atom. The first-order valence-electron chi connectivity index (χ1n) is 5.52. The third-order valence-electron chi connectivity index (χ3n) is 3.44. The molecule has 3 N–H and O–H groups in total. The molecule has 1 spiro atoms. The lowest BCUT2D eigenvalue weighted by Gasteiger charge is -2.58. The number of nitrogens with one attached hydrogen (secondary N) is 2. The Morgan fingerprint density at radius 3 is 2.53 bits per heavy atom. The fraction of sp³-hybridized carbons (Fsp3) is 0.636. The van der Waals surface area contributed by atoms with E-state index in [0.717, 1.165) is 13.1 Å². The van der Waals surface area contributed by atoms with Crippen LogP contribution in [-0.4, -0.2) is 42.4 Å². The van der Waals surface area contributed by atoms with Crippen LogP contribution < -0.4 is 10.6 Å². The van der Waals surface area contributed by atoms with Crippen molar-refractivity contribution < 1.29 is 19.4 Å². The van der Waals surface area contributed by atoms with Gasteiger partial charge >= 0.3 is 12.1 Å². The first kappa shape index (κ1) is 11.9. The van der Waals surface area contributed by atoms with Crippen LogP contribution in [0.5, 0.6) is 0 Å². The molecule has 1 saturated heterocycles. The zero-order valence-electron chi connectivity index (χ0n) is 9.49. The largest absolute Gasteiger partial charge is 0.480 e. The zero-order valence-corrected chi connectivity index (χ0v) is 9.49. The lowest BCUT2D eigenvalue weighted by Crippen LogP contribution is -2.74. The molecule has 1 heterocycles. The second kappa shape index (κ2) is 4.03. The predicted octanol–water partition coefficient (Wildman–Crippen LogP) is 0.105. The molecular formula is C11H16N2O4. The molecule has 2 aliphatic rings. The van der Waals surface area contributed by atoms with Crippen molar-refractivity contribution >= 4 is 12.1 Å². The van der Waals surface area contributed by atoms with Crippen LogP contribution in [0.4, 0.5) is 4.79 Å². The quantitative estimate of drug-likeness (QED) is 0.607. The summed E-state index contributed by atoms with van der Waals surface area (Å²) in [7, 11) is 0. The van der Waals surface area contributed by atoms with Crippen LogP contribution in [0.25, 0.3) is 0 Å². The summed E-state index contributed by atoms with van der Waals surface area (Å²) in [4.78, 5) is 22.6. The highest BCUT2D eigenvalue weighted by molar-refractivity contribution is 5.86. The van der Waals surface area contributed by atoms with Crippen LogP contribution in [0.1, 0.15) is 12.8 Å². The van der Waals surface area contributed by atoms with Gasteiger partial charge in [-0.1, -0.05) is 12.7 Å². The van der Waals surface area contributed by atoms with Crippen molar-refractivity contribution in [2.24, 2.45) is 5.41 Å². The molecule has 1 amide bonds. The van der Waals surface area contributed by atoms with Crippen molar-refractivity contribution in [3.63, 3.8) is 0 Å². The topological polar surface area (TPSA) is 87.7 Å². The van der Waals surface area contributed by atoms with Crippen LogP contribution in [0.3, 0.4) is 0 Å². The van der Waals surface area contributed by atoms with Gasteiger partial charge in [-0.05, 0) is 12.8 Å². The Morgan fingerprint density at radius 2 is 2.12 bits per heavy atom. The monoisotopic (exact) mass is 240 g/mol. The number of aliphatic carboxylic acids is 1. The highest BCUT2D eigenvalue weighted by Gasteiger charge is 2.62. The molecule has 0 aromatic rings. The van der Waals surface area contributed by atoms with Crippen molar-refractivity contribution in [3.05, 3.63) is 12.7 Å². The maximum absolute atomic E-state index is 11.4. The van der Waals surface area contributed by atoms with E-state index in [9.17, 15) is 14.7 Å². The van der Waals surface area contributed by atoms with Crippen molar-refractivity contribution in [2.45, 2.75) is 18.4 Å². The van der Waals surface area contributed by atoms with Crippen LogP contribution >= 0.6 is 0 Å². The van der Waals surface area contributed by atoms with Gasteiger partial charge < -0.3 is 20.5 Å². The normalized spacial score (nSPS) is 23.1. The summed E-state index contributed by atoms with van der Waals surface area (Å²) in [6.07, 6.45) is 1.66. The smallest absolute Gasteiger partial charge is 0.408 e. The van der Waals surface area contributed by atoms with Crippen LogP contribution in [0.15, 0.2) is 12.7 Å². The fourth-order valence-corrected chi connectivity index (χ4v) is 2.62. The van der Waals surface area contributed by atoms with Gasteiger partial charge in [0, 0.05) is 18.5 Å². The summed E-state index contributed by atoms with van der Waals surface area (Å²) in [5.74, 6) is -0.995. The van der Waals surface area contributed by atoms with Crippen LogP contribution in [0, 0.1) is 5.41 Å². The van der Waals surface area contributed by atoms with Gasteiger partial charge in [0.1, 0.15) is 12.1 Å². The van der Waals surface area contributed by atoms with Gasteiger partial charge in [0.2, 0.25) is 0 Å². The molecule has 6 nitrogen and oxygen atoms in total. The van der Waals surface area contributed by atoms with E-state index in [0.29, 0.717) is 12.8 Å². The van der Waals surface area contributed by atoms with E-state index < -0.39 is 17.6 Å². The Kier molecular flexibility index (Phi) is 2.82. The van der Waals surface area contributed by atoms with Gasteiger partial charge in [-0.25, -0.2) is 9.59 Å². The Hall–Kier alpha value is -1.56. The highest BCUT2D eigenvalue weighted by atomic mass is 16.5. The summed E-state index contributed by atoms with van der Waals surface area (Å²) < 4.78 is 4.75. The molecule has 1 saturated carbocycles. The molecule has 1 aliphatic heterocycles. The van der Waals surface area contributed by atoms with Crippen LogP contribution in [-0.2, 0) is 9.53 Å². The molecule has 0 radical (unpaired) electrons. The molecule has 0 unspecified atom stereocenters. The number of carbonyl (C=O) groups excluding carboxylic acids is 1. The third-order valence-corrected chi connectivity index (χ3v) is 3.44. The molecule has 6 heteroatoms. The number of carboxylic acid groups (broad SMARTS) is 1. The van der Waals surface area contributed by atoms with Crippen molar-refractivity contribution in [3.8, 4) is 0 Å². The van der Waals surface area contributed by atoms with E-state index >= 15 is 0 Å². The van der Waals surface area contributed by atoms with Crippen molar-refractivity contribution in [1.29, 1.82) is 0 Å². The van der Waals surface area contributed by atoms with Crippen molar-refractivity contribution in [1.82, 2.24) is 10.6 Å². The molecule has 2 rings (SSSR count). The molecule has 2 fully saturated rings. The standard InChI is InChI=1S/C11H16N2O4/c1-2-3-17-9(16)13-11(8(14)15)4-10(5-11)6-12-7-10/h2,12H,1,3-7H2,(H,13,16)(H,14,15). The molecule has 0 atom stereocenters. The van der Waals surface area contributed by atoms with E-state index in [-0.39, 0.29) is 12.0 Å². The van der Waals surface area contributed by atoms with Crippen LogP contribution in [0.2, 0.25) is 0 Å². The maximum Gasteiger partial charge on any atom is 0.408 e. The molecule has 0 bridgehead atoms. The summed E-state index contributed by atoms with van der Waals surface area (Å²) >= 11 is 0. The lowest BCUT2D eigenvalue weighted by molar-refractivity contribution is -0.159. The molecule has 0 aromatic carbocycles. The van der Waals surface area contributed by atoms with Gasteiger partial charge in [-0.2, -0.15) is 0 Å². The van der Waals surface area contributed by atoms with Gasteiger partial charge in [0.15, 0.2) is 0 Å². The minimum atomic E-state index is -1.15. The average Bonchev–Trinajstić information content (AvgIpc) is 2.16. The SMILES string of the molecule is C=CCOC(=O)NC1(C(=O)O)CC2(CNC2)C1. The van der Waals surface area contributed by atoms with E-state index in [1.165, 1.54) is 6.08 Å². The van der Waals surface area contributed by atoms with Crippen molar-refractivity contribution in [2.75, 3.05) is 19.7 Å². The van der Waals surface area contributed by atoms with E-state index in [1.807, 2.05) is 0 Å². The summed E-state index contributed by atoms with van der Waals surface area (Å²) in [6.45, 7) is 5.14. The summed E-state index contributed by atoms with van der Waals surface area (Å²) in [6, 6.07) is 0. The highest BCUT2D eigenvalue weighted by Crippen LogP contribution is 2.51. The molecule has 17 heavy (non-hydrogen) atoms. The number of ether oxygens (including phenoxy) is 1. The lowest BCUT2D eigenvalue weighted by atomic mass is 9.54. The molecular weight excluding hydrogens is 224 g/mol. The molecule has 1 aliphatic carbocycles. The summed E-state index contributed by atoms with van der Waals surface area (Å²) in [5, 5.41) is 14.8. The summed E-state index contributed by atoms with van der Waals surface area (Å²) in [5.41, 5.74) is -1.09. The minimum Gasteiger partial charge on any atom is -0.480 e. The first-order valence-corrected chi connectivity index (χ1v) is 5.52. The predicted molar refractivity (Wildman–Crippen MR) is 59.6 cm³/mol. The number of carboxylic acids is 1. The number of rotatable bonds is 4. The minimum absolute atomic E-state index is 0.0596. The van der Waals surface area contributed by atoms with E-state index in [2.05, 4.69) is 17.2 Å². The van der Waals surface area contributed by atoms with E-state index in [1.54, 1.807) is 0 Å². The number of hydrogen-bond acceptors (Lipinski definition) is 4. The Bertz CT molecular complexity index is 354. The fourth-order valence-electron chi connectivity index (χ4n) is 2.62. The van der Waals surface area contributed by atoms with E-state index in [4.69, 9.17) is 4.74 Å². The van der Waals surface area contributed by atoms with Gasteiger partial charge in [0.25, 0.3) is 0 Å². The third kappa shape index (κ3) is 2.00. The Labute approximate surface area is 99.0 Å². The maximum atomic E-state index is 11.4. The number of amides is 1. The zero-order chi connectivity index (χ0) is 12.5. The van der Waals surface area contributed by atoms with Gasteiger partial charge in [0.05, 0.1) is 0 Å². The van der Waals surface area contributed by atoms with Gasteiger partial charge in [-0.3, -0.25) is 0 Å². The van der Waals surface area contributed by atoms with Gasteiger partial charge in [-0.15, -0.1) is 0 Å². The Balaban J connectivity index is 1.93. The molecule has 0 aromatic heterocycles. The first-order chi connectivity index (χ1) is 8.02.